The lowest BCUT2D eigenvalue weighted by molar-refractivity contribution is 0.827. The smallest absolute Gasteiger partial charge is 0.0492 e. The second-order valence-corrected chi connectivity index (χ2v) is 12.4. The normalized spacial score (nSPS) is 11.2. The van der Waals surface area contributed by atoms with Crippen LogP contribution in [0.3, 0.4) is 0 Å². The van der Waals surface area contributed by atoms with Crippen molar-refractivity contribution in [1.29, 1.82) is 0 Å². The molecule has 0 bridgehead atoms. The maximum absolute atomic E-state index is 2.42. The van der Waals surface area contributed by atoms with Gasteiger partial charge in [0.25, 0.3) is 0 Å². The number of benzene rings is 7. The van der Waals surface area contributed by atoms with Crippen molar-refractivity contribution in [2.24, 2.45) is 0 Å². The molecule has 0 N–H and O–H groups in total. The van der Waals surface area contributed by atoms with Crippen LogP contribution in [-0.4, -0.2) is 9.13 Å². The summed E-state index contributed by atoms with van der Waals surface area (Å²) in [5.74, 6) is 0. The van der Waals surface area contributed by atoms with Gasteiger partial charge in [-0.2, -0.15) is 0 Å². The third kappa shape index (κ3) is 5.21. The number of rotatable bonds is 6. The van der Waals surface area contributed by atoms with Crippen LogP contribution in [0, 0.1) is 0 Å². The Morgan fingerprint density at radius 2 is 0.780 bits per heavy atom. The Kier molecular flexibility index (Phi) is 8.36. The number of nitrogens with zero attached hydrogens (tertiary/aromatic N) is 2. The molecule has 2 heterocycles. The molecule has 0 saturated heterocycles. The molecule has 2 aromatic heterocycles. The minimum atomic E-state index is 0.933. The first-order chi connectivity index (χ1) is 24.8. The fourth-order valence-electron chi connectivity index (χ4n) is 7.66. The Morgan fingerprint density at radius 1 is 0.380 bits per heavy atom. The molecule has 9 rings (SSSR count). The fraction of sp³-hybridized carbons (Fsp3) is 0.0833. The van der Waals surface area contributed by atoms with E-state index in [4.69, 9.17) is 0 Å². The van der Waals surface area contributed by atoms with E-state index < -0.39 is 0 Å². The molecule has 9 aromatic rings. The Morgan fingerprint density at radius 3 is 1.24 bits per heavy atom. The maximum atomic E-state index is 2.42. The van der Waals surface area contributed by atoms with Gasteiger partial charge in [-0.15, -0.1) is 0 Å². The second kappa shape index (κ2) is 13.4. The summed E-state index contributed by atoms with van der Waals surface area (Å²) in [6, 6.07) is 59.3. The summed E-state index contributed by atoms with van der Waals surface area (Å²) >= 11 is 0. The molecule has 0 saturated carbocycles. The van der Waals surface area contributed by atoms with E-state index in [1.165, 1.54) is 77.1 Å². The van der Waals surface area contributed by atoms with E-state index in [0.717, 1.165) is 12.2 Å². The van der Waals surface area contributed by atoms with Gasteiger partial charge in [0.2, 0.25) is 0 Å². The van der Waals surface area contributed by atoms with Crippen LogP contribution in [0.1, 0.15) is 20.8 Å². The predicted octanol–water partition coefficient (Wildman–Crippen LogP) is 13.5. The molecule has 2 heteroatoms. The van der Waals surface area contributed by atoms with Gasteiger partial charge in [-0.1, -0.05) is 153 Å². The third-order valence-corrected chi connectivity index (χ3v) is 9.74. The molecular formula is C48H40N2. The average Bonchev–Trinajstić information content (AvgIpc) is 3.78. The molecule has 0 unspecified atom stereocenters. The van der Waals surface area contributed by atoms with Gasteiger partial charge >= 0.3 is 0 Å². The molecule has 0 fully saturated rings. The number of aromatic nitrogens is 2. The predicted molar refractivity (Wildman–Crippen MR) is 215 cm³/mol. The third-order valence-electron chi connectivity index (χ3n) is 9.74. The molecular weight excluding hydrogens is 605 g/mol. The highest BCUT2D eigenvalue weighted by Crippen LogP contribution is 2.51. The lowest BCUT2D eigenvalue weighted by Crippen LogP contribution is -1.96. The summed E-state index contributed by atoms with van der Waals surface area (Å²) in [6.07, 6.45) is 4.71. The molecule has 50 heavy (non-hydrogen) atoms. The number of fused-ring (bicyclic) bond motifs is 4. The molecule has 0 aliphatic carbocycles. The monoisotopic (exact) mass is 644 g/mol. The standard InChI is InChI=1S/C46H34N2.C2H6/c1-2-48-41-26-16-15-25-37(41)38-29-36(27-28-42(38)48)47-30-39-40(31-47)44(33-19-9-4-10-20-33)46(35-23-13-6-14-24-35)45(34-21-11-5-12-22-34)43(39)32-17-7-3-8-18-32;1-2/h3-31H,2H2,1H3;1-2H3. The highest BCUT2D eigenvalue weighted by atomic mass is 15.0. The number of hydrogen-bond acceptors (Lipinski definition) is 0. The molecule has 0 aliphatic heterocycles. The van der Waals surface area contributed by atoms with Gasteiger partial charge in [0.05, 0.1) is 0 Å². The molecule has 0 amide bonds. The van der Waals surface area contributed by atoms with Crippen LogP contribution in [0.15, 0.2) is 176 Å². The summed E-state index contributed by atoms with van der Waals surface area (Å²) in [6.45, 7) is 7.16. The minimum Gasteiger partial charge on any atom is -0.341 e. The Balaban J connectivity index is 0.00000177. The van der Waals surface area contributed by atoms with Gasteiger partial charge in [-0.25, -0.2) is 0 Å². The lowest BCUT2D eigenvalue weighted by atomic mass is 9.80. The van der Waals surface area contributed by atoms with Crippen LogP contribution in [0.2, 0.25) is 0 Å². The quantitative estimate of drug-likeness (QED) is 0.170. The molecule has 242 valence electrons. The zero-order valence-electron chi connectivity index (χ0n) is 28.8. The zero-order chi connectivity index (χ0) is 34.0. The van der Waals surface area contributed by atoms with Crippen molar-refractivity contribution in [3.63, 3.8) is 0 Å². The highest BCUT2D eigenvalue weighted by molar-refractivity contribution is 6.18. The summed E-state index contributed by atoms with van der Waals surface area (Å²) in [4.78, 5) is 0. The van der Waals surface area contributed by atoms with Gasteiger partial charge in [0.15, 0.2) is 0 Å². The number of hydrogen-bond donors (Lipinski definition) is 0. The SMILES string of the molecule is CC.CCn1c2ccccc2c2cc(-n3cc4c(-c5ccccc5)c(-c5ccccc5)c(-c5ccccc5)c(-c5ccccc5)c4c3)ccc21. The van der Waals surface area contributed by atoms with Gasteiger partial charge in [0, 0.05) is 57.2 Å². The van der Waals surface area contributed by atoms with Crippen LogP contribution in [0.25, 0.3) is 82.8 Å². The van der Waals surface area contributed by atoms with Crippen molar-refractivity contribution in [2.45, 2.75) is 27.3 Å². The van der Waals surface area contributed by atoms with Gasteiger partial charge in [-0.3, -0.25) is 0 Å². The molecule has 7 aromatic carbocycles. The average molecular weight is 645 g/mol. The summed E-state index contributed by atoms with van der Waals surface area (Å²) < 4.78 is 4.75. The summed E-state index contributed by atoms with van der Waals surface area (Å²) in [7, 11) is 0. The van der Waals surface area contributed by atoms with Crippen molar-refractivity contribution >= 4 is 32.6 Å². The molecule has 0 aliphatic rings. The number of para-hydroxylation sites is 1. The molecule has 0 spiro atoms. The minimum absolute atomic E-state index is 0.933. The van der Waals surface area contributed by atoms with Gasteiger partial charge in [0.1, 0.15) is 0 Å². The largest absolute Gasteiger partial charge is 0.341 e. The van der Waals surface area contributed by atoms with Crippen molar-refractivity contribution in [2.75, 3.05) is 0 Å². The van der Waals surface area contributed by atoms with Crippen LogP contribution >= 0.6 is 0 Å². The summed E-state index contributed by atoms with van der Waals surface area (Å²) in [5.41, 5.74) is 13.5. The fourth-order valence-corrected chi connectivity index (χ4v) is 7.66. The zero-order valence-corrected chi connectivity index (χ0v) is 28.8. The Bertz CT molecular complexity index is 2440. The first-order valence-corrected chi connectivity index (χ1v) is 17.7. The van der Waals surface area contributed by atoms with Crippen molar-refractivity contribution in [3.8, 4) is 50.2 Å². The molecule has 0 radical (unpaired) electrons. The first-order valence-electron chi connectivity index (χ1n) is 17.7. The van der Waals surface area contributed by atoms with Crippen molar-refractivity contribution < 1.29 is 0 Å². The van der Waals surface area contributed by atoms with E-state index >= 15 is 0 Å². The van der Waals surface area contributed by atoms with Crippen molar-refractivity contribution in [1.82, 2.24) is 9.13 Å². The van der Waals surface area contributed by atoms with Gasteiger partial charge < -0.3 is 9.13 Å². The van der Waals surface area contributed by atoms with E-state index in [1.807, 2.05) is 13.8 Å². The highest BCUT2D eigenvalue weighted by Gasteiger charge is 2.25. The first kappa shape index (κ1) is 31.2. The van der Waals surface area contributed by atoms with E-state index in [1.54, 1.807) is 0 Å². The number of aryl methyl sites for hydroxylation is 1. The van der Waals surface area contributed by atoms with E-state index in [2.05, 4.69) is 192 Å². The maximum Gasteiger partial charge on any atom is 0.0492 e. The van der Waals surface area contributed by atoms with E-state index in [9.17, 15) is 0 Å². The Hall–Kier alpha value is -6.12. The van der Waals surface area contributed by atoms with E-state index in [0.29, 0.717) is 0 Å². The van der Waals surface area contributed by atoms with Gasteiger partial charge in [-0.05, 0) is 75.7 Å². The lowest BCUT2D eigenvalue weighted by Gasteiger charge is -2.22. The van der Waals surface area contributed by atoms with Crippen LogP contribution in [0.4, 0.5) is 0 Å². The summed E-state index contributed by atoms with van der Waals surface area (Å²) in [5, 5.41) is 5.04. The molecule has 0 atom stereocenters. The second-order valence-electron chi connectivity index (χ2n) is 12.4. The topological polar surface area (TPSA) is 9.86 Å². The molecule has 2 nitrogen and oxygen atoms in total. The van der Waals surface area contributed by atoms with Crippen LogP contribution < -0.4 is 0 Å². The van der Waals surface area contributed by atoms with E-state index in [-0.39, 0.29) is 0 Å². The van der Waals surface area contributed by atoms with Crippen LogP contribution in [-0.2, 0) is 6.54 Å². The van der Waals surface area contributed by atoms with Crippen LogP contribution in [0.5, 0.6) is 0 Å². The van der Waals surface area contributed by atoms with Crippen molar-refractivity contribution in [3.05, 3.63) is 176 Å². The Labute approximate surface area is 294 Å².